The highest BCUT2D eigenvalue weighted by molar-refractivity contribution is 6.19. The molecule has 0 fully saturated rings. The van der Waals surface area contributed by atoms with E-state index in [9.17, 15) is 9.59 Å². The first-order valence-corrected chi connectivity index (χ1v) is 4.59. The summed E-state index contributed by atoms with van der Waals surface area (Å²) in [6.07, 6.45) is 0. The maximum atomic E-state index is 11.3. The largest absolute Gasteiger partial charge is 0.309 e. The van der Waals surface area contributed by atoms with E-state index in [0.29, 0.717) is 5.82 Å². The number of alkyl halides is 1. The molecular formula is C8H10ClN3O2. The first-order valence-electron chi connectivity index (χ1n) is 4.06. The Labute approximate surface area is 85.5 Å². The summed E-state index contributed by atoms with van der Waals surface area (Å²) in [4.78, 5) is 21.9. The first kappa shape index (κ1) is 10.7. The number of anilines is 1. The summed E-state index contributed by atoms with van der Waals surface area (Å²) in [7, 11) is 0. The summed E-state index contributed by atoms with van der Waals surface area (Å²) in [5.41, 5.74) is -0.312. The highest BCUT2D eigenvalue weighted by Gasteiger charge is 2.11. The molecule has 0 aliphatic carbocycles. The third-order valence-electron chi connectivity index (χ3n) is 1.61. The van der Waals surface area contributed by atoms with E-state index >= 15 is 0 Å². The van der Waals surface area contributed by atoms with Gasteiger partial charge in [-0.3, -0.25) is 9.59 Å². The lowest BCUT2D eigenvalue weighted by atomic mass is 10.2. The van der Waals surface area contributed by atoms with Gasteiger partial charge in [0, 0.05) is 17.9 Å². The lowest BCUT2D eigenvalue weighted by Gasteiger charge is -2.07. The number of halogens is 1. The van der Waals surface area contributed by atoms with Gasteiger partial charge in [0.15, 0.2) is 5.82 Å². The van der Waals surface area contributed by atoms with E-state index in [1.807, 2.05) is 0 Å². The Bertz CT molecular complexity index is 357. The number of amides is 1. The van der Waals surface area contributed by atoms with Crippen molar-refractivity contribution in [2.24, 2.45) is 5.92 Å². The van der Waals surface area contributed by atoms with E-state index < -0.39 is 0 Å². The van der Waals surface area contributed by atoms with E-state index in [-0.39, 0.29) is 23.3 Å². The smallest absolute Gasteiger partial charge is 0.264 e. The molecule has 1 atom stereocenters. The Morgan fingerprint density at radius 1 is 1.71 bits per heavy atom. The summed E-state index contributed by atoms with van der Waals surface area (Å²) in [5, 5.41) is 8.35. The molecule has 0 aliphatic heterocycles. The van der Waals surface area contributed by atoms with E-state index in [1.165, 1.54) is 12.1 Å². The van der Waals surface area contributed by atoms with Gasteiger partial charge >= 0.3 is 0 Å². The number of hydrogen-bond donors (Lipinski definition) is 2. The zero-order valence-electron chi connectivity index (χ0n) is 7.58. The minimum atomic E-state index is -0.312. The zero-order chi connectivity index (χ0) is 10.6. The Balaban J connectivity index is 2.65. The fourth-order valence-corrected chi connectivity index (χ4v) is 0.874. The number of aromatic nitrogens is 2. The molecule has 0 spiro atoms. The average Bonchev–Trinajstić information content (AvgIpc) is 2.20. The lowest BCUT2D eigenvalue weighted by molar-refractivity contribution is -0.118. The third-order valence-corrected chi connectivity index (χ3v) is 2.07. The van der Waals surface area contributed by atoms with Crippen molar-refractivity contribution in [1.82, 2.24) is 10.2 Å². The van der Waals surface area contributed by atoms with Crippen molar-refractivity contribution in [3.05, 3.63) is 22.5 Å². The van der Waals surface area contributed by atoms with Crippen LogP contribution in [0.25, 0.3) is 0 Å². The summed E-state index contributed by atoms with van der Waals surface area (Å²) in [5.74, 6) is 0.0475. The molecule has 1 aromatic heterocycles. The van der Waals surface area contributed by atoms with Gasteiger partial charge in [0.25, 0.3) is 5.56 Å². The summed E-state index contributed by atoms with van der Waals surface area (Å²) in [6.45, 7) is 1.70. The van der Waals surface area contributed by atoms with Crippen LogP contribution >= 0.6 is 11.6 Å². The summed E-state index contributed by atoms with van der Waals surface area (Å²) in [6, 6.07) is 2.71. The van der Waals surface area contributed by atoms with Crippen molar-refractivity contribution in [2.45, 2.75) is 6.92 Å². The Hall–Kier alpha value is -1.36. The Morgan fingerprint density at radius 2 is 2.43 bits per heavy atom. The van der Waals surface area contributed by atoms with Crippen LogP contribution in [-0.4, -0.2) is 22.0 Å². The molecule has 0 radical (unpaired) electrons. The molecule has 0 aliphatic rings. The van der Waals surface area contributed by atoms with Crippen LogP contribution in [0.5, 0.6) is 0 Å². The predicted octanol–water partition coefficient (Wildman–Crippen LogP) is 0.583. The molecule has 1 aromatic rings. The van der Waals surface area contributed by atoms with Gasteiger partial charge in [-0.1, -0.05) is 6.92 Å². The average molecular weight is 216 g/mol. The molecule has 6 heteroatoms. The molecule has 0 saturated carbocycles. The van der Waals surface area contributed by atoms with E-state index in [0.717, 1.165) is 0 Å². The van der Waals surface area contributed by atoms with Gasteiger partial charge in [0.2, 0.25) is 5.91 Å². The summed E-state index contributed by atoms with van der Waals surface area (Å²) < 4.78 is 0. The van der Waals surface area contributed by atoms with Gasteiger partial charge in [-0.05, 0) is 6.07 Å². The lowest BCUT2D eigenvalue weighted by Crippen LogP contribution is -2.23. The molecule has 76 valence electrons. The molecule has 0 saturated heterocycles. The Morgan fingerprint density at radius 3 is 2.93 bits per heavy atom. The van der Waals surface area contributed by atoms with Gasteiger partial charge in [0.1, 0.15) is 0 Å². The number of H-pyrrole nitrogens is 1. The number of carbonyl (C=O) groups excluding carboxylic acids is 1. The van der Waals surface area contributed by atoms with Gasteiger partial charge in [-0.2, -0.15) is 5.10 Å². The van der Waals surface area contributed by atoms with Crippen LogP contribution < -0.4 is 10.9 Å². The fraction of sp³-hybridized carbons (Fsp3) is 0.375. The minimum absolute atomic E-state index is 0.223. The van der Waals surface area contributed by atoms with E-state index in [4.69, 9.17) is 11.6 Å². The quantitative estimate of drug-likeness (QED) is 0.725. The van der Waals surface area contributed by atoms with Crippen molar-refractivity contribution in [3.8, 4) is 0 Å². The molecule has 0 bridgehead atoms. The predicted molar refractivity (Wildman–Crippen MR) is 53.4 cm³/mol. The van der Waals surface area contributed by atoms with E-state index in [1.54, 1.807) is 6.92 Å². The second-order valence-electron chi connectivity index (χ2n) is 2.85. The van der Waals surface area contributed by atoms with Gasteiger partial charge in [-0.25, -0.2) is 5.10 Å². The molecular weight excluding hydrogens is 206 g/mol. The number of nitrogens with zero attached hydrogens (tertiary/aromatic N) is 1. The van der Waals surface area contributed by atoms with Crippen LogP contribution in [-0.2, 0) is 4.79 Å². The highest BCUT2D eigenvalue weighted by atomic mass is 35.5. The maximum Gasteiger partial charge on any atom is 0.264 e. The number of rotatable bonds is 3. The van der Waals surface area contributed by atoms with Crippen molar-refractivity contribution >= 4 is 23.3 Å². The third kappa shape index (κ3) is 2.85. The molecule has 1 unspecified atom stereocenters. The fourth-order valence-electron chi connectivity index (χ4n) is 0.734. The molecule has 1 rings (SSSR count). The van der Waals surface area contributed by atoms with Crippen LogP contribution in [0, 0.1) is 5.92 Å². The van der Waals surface area contributed by atoms with Gasteiger partial charge < -0.3 is 5.32 Å². The van der Waals surface area contributed by atoms with Crippen molar-refractivity contribution in [2.75, 3.05) is 11.2 Å². The normalized spacial score (nSPS) is 12.1. The molecule has 1 amide bonds. The molecule has 2 N–H and O–H groups in total. The van der Waals surface area contributed by atoms with Gasteiger partial charge in [-0.15, -0.1) is 11.6 Å². The van der Waals surface area contributed by atoms with Crippen LogP contribution in [0.1, 0.15) is 6.92 Å². The van der Waals surface area contributed by atoms with Crippen molar-refractivity contribution < 1.29 is 4.79 Å². The molecule has 14 heavy (non-hydrogen) atoms. The van der Waals surface area contributed by atoms with E-state index in [2.05, 4.69) is 15.5 Å². The second kappa shape index (κ2) is 4.76. The zero-order valence-corrected chi connectivity index (χ0v) is 8.34. The first-order chi connectivity index (χ1) is 6.63. The molecule has 1 heterocycles. The maximum absolute atomic E-state index is 11.3. The van der Waals surface area contributed by atoms with Crippen molar-refractivity contribution in [1.29, 1.82) is 0 Å². The van der Waals surface area contributed by atoms with Crippen LogP contribution in [0.4, 0.5) is 5.82 Å². The molecule has 0 aromatic carbocycles. The SMILES string of the molecule is CC(CCl)C(=O)Nc1ccc(=O)[nH]n1. The standard InChI is InChI=1S/C8H10ClN3O2/c1-5(4-9)8(14)10-6-2-3-7(13)12-11-6/h2-3,5H,4H2,1H3,(H,12,13)(H,10,11,14). The number of hydrogen-bond acceptors (Lipinski definition) is 3. The minimum Gasteiger partial charge on any atom is -0.309 e. The van der Waals surface area contributed by atoms with Crippen molar-refractivity contribution in [3.63, 3.8) is 0 Å². The Kier molecular flexibility index (Phi) is 3.64. The van der Waals surface area contributed by atoms with Crippen LogP contribution in [0.3, 0.4) is 0 Å². The second-order valence-corrected chi connectivity index (χ2v) is 3.16. The highest BCUT2D eigenvalue weighted by Crippen LogP contribution is 2.03. The number of nitrogens with one attached hydrogen (secondary N) is 2. The summed E-state index contributed by atoms with van der Waals surface area (Å²) >= 11 is 5.50. The van der Waals surface area contributed by atoms with Crippen LogP contribution in [0.2, 0.25) is 0 Å². The van der Waals surface area contributed by atoms with Crippen LogP contribution in [0.15, 0.2) is 16.9 Å². The number of aromatic amines is 1. The molecule has 5 nitrogen and oxygen atoms in total. The topological polar surface area (TPSA) is 74.8 Å². The number of carbonyl (C=O) groups is 1. The van der Waals surface area contributed by atoms with Gasteiger partial charge in [0.05, 0.1) is 0 Å². The monoisotopic (exact) mass is 215 g/mol.